The predicted octanol–water partition coefficient (Wildman–Crippen LogP) is 3.01. The zero-order valence-electron chi connectivity index (χ0n) is 29.9. The monoisotopic (exact) mass is 666 g/mol. The number of rotatable bonds is 12. The van der Waals surface area contributed by atoms with Crippen molar-refractivity contribution < 1.29 is 33.8 Å². The van der Waals surface area contributed by atoms with Crippen molar-refractivity contribution >= 4 is 11.8 Å². The fourth-order valence-electron chi connectivity index (χ4n) is 10.5. The van der Waals surface area contributed by atoms with Gasteiger partial charge in [-0.3, -0.25) is 14.4 Å². The van der Waals surface area contributed by atoms with Crippen molar-refractivity contribution in [3.63, 3.8) is 0 Å². The van der Waals surface area contributed by atoms with Crippen LogP contribution in [-0.2, 0) is 19.2 Å². The van der Waals surface area contributed by atoms with E-state index in [1.165, 1.54) is 6.42 Å². The number of alkyl halides is 1. The number of hydrogen-bond acceptors (Lipinski definition) is 8. The number of likely N-dealkylation sites (N-methyl/N-ethyl adjacent to an activating group) is 1. The second-order valence-electron chi connectivity index (χ2n) is 16.6. The van der Waals surface area contributed by atoms with Gasteiger partial charge in [0.1, 0.15) is 18.3 Å². The Morgan fingerprint density at radius 1 is 1.13 bits per heavy atom. The summed E-state index contributed by atoms with van der Waals surface area (Å²) in [6.07, 6.45) is 3.77. The Hall–Kier alpha value is -1.37. The first-order valence-corrected chi connectivity index (χ1v) is 18.4. The summed E-state index contributed by atoms with van der Waals surface area (Å²) in [5, 5.41) is 29.2. The molecule has 1 saturated heterocycles. The number of carbonyl (C=O) groups excluding carboxylic acids is 2. The van der Waals surface area contributed by atoms with Crippen molar-refractivity contribution in [3.05, 3.63) is 0 Å². The lowest BCUT2D eigenvalue weighted by Crippen LogP contribution is -2.62. The Morgan fingerprint density at radius 3 is 2.49 bits per heavy atom. The Bertz CT molecular complexity index is 1080. The van der Waals surface area contributed by atoms with E-state index in [1.54, 1.807) is 19.1 Å². The van der Waals surface area contributed by atoms with Crippen molar-refractivity contribution in [2.75, 3.05) is 47.4 Å². The van der Waals surface area contributed by atoms with Crippen LogP contribution in [0.1, 0.15) is 79.1 Å². The quantitative estimate of drug-likeness (QED) is 0.251. The number of ether oxygens (including phenoxy) is 1. The molecule has 8 unspecified atom stereocenters. The lowest BCUT2D eigenvalue weighted by molar-refractivity contribution is -0.193. The van der Waals surface area contributed by atoms with Gasteiger partial charge in [-0.25, -0.2) is 4.39 Å². The van der Waals surface area contributed by atoms with Crippen LogP contribution in [0.3, 0.4) is 0 Å². The van der Waals surface area contributed by atoms with Gasteiger partial charge in [0.15, 0.2) is 0 Å². The van der Waals surface area contributed by atoms with E-state index in [4.69, 9.17) is 9.57 Å². The molecule has 0 aromatic rings. The molecule has 2 amide bonds. The highest BCUT2D eigenvalue weighted by Crippen LogP contribution is 2.61. The third kappa shape index (κ3) is 7.55. The minimum atomic E-state index is -1.14. The molecule has 270 valence electrons. The van der Waals surface area contributed by atoms with E-state index in [9.17, 15) is 19.8 Å². The van der Waals surface area contributed by atoms with Crippen molar-refractivity contribution in [1.82, 2.24) is 20.6 Å². The molecule has 6 fully saturated rings. The van der Waals surface area contributed by atoms with Crippen LogP contribution in [0.15, 0.2) is 0 Å². The van der Waals surface area contributed by atoms with Gasteiger partial charge < -0.3 is 30.5 Å². The third-order valence-corrected chi connectivity index (χ3v) is 13.4. The van der Waals surface area contributed by atoms with Crippen LogP contribution < -0.4 is 10.6 Å². The lowest BCUT2D eigenvalue weighted by atomic mass is 9.45. The molecule has 47 heavy (non-hydrogen) atoms. The zero-order chi connectivity index (χ0) is 34.2. The standard InChI is InChI=1S/C36H63FN4O6/c1-20-27-16-24(36(27,3)4)17-29(20)39-35(45)32-31(21(2)43)30(19-42)47-41(32)18-23-9-8-10-25(33(23)46-7)22-11-12-28(37)26(15-22)34(44)38-13-14-40(5)6/h20-33,42-43H,8-19H2,1-7H3,(H,38,44)(H,39,45)/t20-,21-,22?,23?,24?,25?,26?,27-,28?,29-,30-,31?,32-,33?/m0/s1. The molecule has 14 atom stereocenters. The molecule has 0 aromatic heterocycles. The van der Waals surface area contributed by atoms with Gasteiger partial charge >= 0.3 is 0 Å². The molecule has 6 rings (SSSR count). The van der Waals surface area contributed by atoms with Crippen LogP contribution in [0.4, 0.5) is 4.39 Å². The highest BCUT2D eigenvalue weighted by atomic mass is 19.1. The number of hydrogen-bond donors (Lipinski definition) is 4. The average Bonchev–Trinajstić information content (AvgIpc) is 3.40. The molecule has 5 aliphatic carbocycles. The van der Waals surface area contributed by atoms with E-state index in [1.807, 2.05) is 19.0 Å². The Kier molecular flexibility index (Phi) is 12.0. The maximum atomic E-state index is 15.1. The van der Waals surface area contributed by atoms with Crippen LogP contribution >= 0.6 is 0 Å². The topological polar surface area (TPSA) is 124 Å². The van der Waals surface area contributed by atoms with Crippen LogP contribution in [0, 0.1) is 52.8 Å². The molecule has 2 bridgehead atoms. The number of aliphatic hydroxyl groups is 2. The zero-order valence-corrected chi connectivity index (χ0v) is 29.9. The summed E-state index contributed by atoms with van der Waals surface area (Å²) in [4.78, 5) is 35.4. The molecule has 0 spiro atoms. The summed E-state index contributed by atoms with van der Waals surface area (Å²) < 4.78 is 21.3. The summed E-state index contributed by atoms with van der Waals surface area (Å²) >= 11 is 0. The van der Waals surface area contributed by atoms with Gasteiger partial charge in [-0.15, -0.1) is 0 Å². The van der Waals surface area contributed by atoms with Gasteiger partial charge in [-0.1, -0.05) is 27.2 Å². The summed E-state index contributed by atoms with van der Waals surface area (Å²) in [7, 11) is 5.62. The fourth-order valence-corrected chi connectivity index (χ4v) is 10.5. The smallest absolute Gasteiger partial charge is 0.240 e. The van der Waals surface area contributed by atoms with Gasteiger partial charge in [0.05, 0.1) is 24.7 Å². The number of halogens is 1. The van der Waals surface area contributed by atoms with Crippen LogP contribution in [-0.4, -0.2) is 116 Å². The second kappa shape index (κ2) is 15.3. The van der Waals surface area contributed by atoms with Crippen LogP contribution in [0.2, 0.25) is 0 Å². The lowest BCUT2D eigenvalue weighted by Gasteiger charge is -2.62. The highest BCUT2D eigenvalue weighted by Gasteiger charge is 2.58. The molecule has 4 N–H and O–H groups in total. The molecular weight excluding hydrogens is 603 g/mol. The predicted molar refractivity (Wildman–Crippen MR) is 178 cm³/mol. The largest absolute Gasteiger partial charge is 0.394 e. The molecule has 11 heteroatoms. The number of amides is 2. The number of nitrogens with one attached hydrogen (secondary N) is 2. The minimum Gasteiger partial charge on any atom is -0.394 e. The van der Waals surface area contributed by atoms with Crippen molar-refractivity contribution in [2.45, 2.75) is 116 Å². The number of methoxy groups -OCH3 is 1. The Morgan fingerprint density at radius 2 is 1.87 bits per heavy atom. The molecular formula is C36H63FN4O6. The minimum absolute atomic E-state index is 0.0404. The normalized spacial score (nSPS) is 42.5. The van der Waals surface area contributed by atoms with Crippen molar-refractivity contribution in [1.29, 1.82) is 0 Å². The third-order valence-electron chi connectivity index (χ3n) is 13.4. The second-order valence-corrected chi connectivity index (χ2v) is 16.6. The van der Waals surface area contributed by atoms with Crippen LogP contribution in [0.5, 0.6) is 0 Å². The molecule has 6 aliphatic rings. The summed E-state index contributed by atoms with van der Waals surface area (Å²) in [6.45, 7) is 9.95. The fraction of sp³-hybridized carbons (Fsp3) is 0.944. The summed E-state index contributed by atoms with van der Waals surface area (Å²) in [5.41, 5.74) is 0.305. The van der Waals surface area contributed by atoms with Crippen molar-refractivity contribution in [3.8, 4) is 0 Å². The van der Waals surface area contributed by atoms with E-state index in [0.29, 0.717) is 55.6 Å². The SMILES string of the molecule is COC1C(CN2O[C@@H](CO)C([C@H](C)O)[C@H]2C(=O)N[C@H]2CC3C[C@@H]([C@@H]2C)C3(C)C)CCCC1C1CCC(F)C(C(=O)NCCN(C)C)C1. The first-order chi connectivity index (χ1) is 22.3. The van der Waals surface area contributed by atoms with Gasteiger partial charge in [0, 0.05) is 44.6 Å². The van der Waals surface area contributed by atoms with E-state index in [-0.39, 0.29) is 48.3 Å². The van der Waals surface area contributed by atoms with Crippen molar-refractivity contribution in [2.24, 2.45) is 52.8 Å². The first-order valence-electron chi connectivity index (χ1n) is 18.4. The molecule has 5 saturated carbocycles. The molecule has 1 heterocycles. The number of aliphatic hydroxyl groups excluding tert-OH is 2. The summed E-state index contributed by atoms with van der Waals surface area (Å²) in [6, 6.07) is -0.658. The van der Waals surface area contributed by atoms with E-state index >= 15 is 4.39 Å². The maximum absolute atomic E-state index is 15.1. The van der Waals surface area contributed by atoms with Gasteiger partial charge in [0.2, 0.25) is 11.8 Å². The molecule has 0 aromatic carbocycles. The molecule has 0 radical (unpaired) electrons. The van der Waals surface area contributed by atoms with Crippen LogP contribution in [0.25, 0.3) is 0 Å². The van der Waals surface area contributed by atoms with E-state index in [0.717, 1.165) is 32.1 Å². The first kappa shape index (κ1) is 36.9. The Labute approximate surface area is 281 Å². The molecule has 10 nitrogen and oxygen atoms in total. The maximum Gasteiger partial charge on any atom is 0.240 e. The number of hydroxylamine groups is 2. The number of fused-ring (bicyclic) bond motifs is 2. The van der Waals surface area contributed by atoms with E-state index in [2.05, 4.69) is 31.4 Å². The molecule has 1 aliphatic heterocycles. The number of carbonyl (C=O) groups is 2. The summed E-state index contributed by atoms with van der Waals surface area (Å²) in [5.74, 6) is 0.345. The number of nitrogens with zero attached hydrogens (tertiary/aromatic N) is 2. The van der Waals surface area contributed by atoms with Gasteiger partial charge in [0.25, 0.3) is 0 Å². The highest BCUT2D eigenvalue weighted by molar-refractivity contribution is 5.83. The van der Waals surface area contributed by atoms with Gasteiger partial charge in [-0.2, -0.15) is 5.06 Å². The van der Waals surface area contributed by atoms with E-state index < -0.39 is 36.3 Å². The van der Waals surface area contributed by atoms with Gasteiger partial charge in [-0.05, 0) is 101 Å². The average molecular weight is 667 g/mol. The Balaban J connectivity index is 1.28.